The van der Waals surface area contributed by atoms with Crippen molar-refractivity contribution in [2.75, 3.05) is 0 Å². The van der Waals surface area contributed by atoms with Crippen LogP contribution in [0.3, 0.4) is 0 Å². The normalized spacial score (nSPS) is 7.29. The Morgan fingerprint density at radius 3 is 1.47 bits per heavy atom. The van der Waals surface area contributed by atoms with Crippen molar-refractivity contribution in [3.8, 4) is 0 Å². The van der Waals surface area contributed by atoms with Gasteiger partial charge in [0.1, 0.15) is 0 Å². The van der Waals surface area contributed by atoms with Crippen LogP contribution >= 0.6 is 0 Å². The molecule has 1 aromatic rings. The molecule has 0 N–H and O–H groups in total. The van der Waals surface area contributed by atoms with Gasteiger partial charge in [-0.15, -0.1) is 0 Å². The van der Waals surface area contributed by atoms with Crippen LogP contribution in [-0.4, -0.2) is 80.8 Å². The van der Waals surface area contributed by atoms with Crippen LogP contribution in [-0.2, 0) is 35.0 Å². The van der Waals surface area contributed by atoms with Gasteiger partial charge in [-0.1, -0.05) is 12.1 Å². The SMILES string of the molecule is O=C([O-])c1cc([S-])cc(C(=O)[O-])c1.[Au+].[Cs+].[Cs+].[Cs]. The zero-order chi connectivity index (χ0) is 10.0. The molecule has 4 nitrogen and oxygen atoms in total. The van der Waals surface area contributed by atoms with Crippen LogP contribution < -0.4 is 148 Å². The molecule has 0 fully saturated rings. The molecule has 0 unspecified atom stereocenters. The molecule has 1 radical (unpaired) electrons. The quantitative estimate of drug-likeness (QED) is 0.220. The maximum Gasteiger partial charge on any atom is 1.00 e. The molecule has 0 aliphatic heterocycles. The van der Waals surface area contributed by atoms with Gasteiger partial charge in [-0.3, -0.25) is 0 Å². The third kappa shape index (κ3) is 12.4. The van der Waals surface area contributed by atoms with Crippen molar-refractivity contribution in [2.45, 2.75) is 4.90 Å². The summed E-state index contributed by atoms with van der Waals surface area (Å²) in [5.74, 6) is -2.93. The Morgan fingerprint density at radius 1 is 0.941 bits per heavy atom. The van der Waals surface area contributed by atoms with E-state index in [4.69, 9.17) is 0 Å². The van der Waals surface area contributed by atoms with E-state index in [9.17, 15) is 19.8 Å². The van der Waals surface area contributed by atoms with Crippen LogP contribution in [0.4, 0.5) is 0 Å². The number of carboxylic acids is 2. The summed E-state index contributed by atoms with van der Waals surface area (Å²) >= 11 is 4.64. The number of carbonyl (C=O) groups is 2. The van der Waals surface area contributed by atoms with Crippen molar-refractivity contribution >= 4 is 93.5 Å². The fourth-order valence-corrected chi connectivity index (χ4v) is 1.09. The molecule has 17 heavy (non-hydrogen) atoms. The average Bonchev–Trinajstić information content (AvgIpc) is 2.03. The molecule has 1 rings (SSSR count). The van der Waals surface area contributed by atoms with Gasteiger partial charge in [0.25, 0.3) is 0 Å². The van der Waals surface area contributed by atoms with E-state index in [2.05, 4.69) is 12.6 Å². The minimum atomic E-state index is -1.46. The van der Waals surface area contributed by atoms with E-state index >= 15 is 0 Å². The van der Waals surface area contributed by atoms with Gasteiger partial charge in [-0.25, -0.2) is 0 Å². The largest absolute Gasteiger partial charge is 1.00 e. The molecule has 0 saturated carbocycles. The molecule has 1 aromatic carbocycles. The molecule has 0 atom stereocenters. The summed E-state index contributed by atoms with van der Waals surface area (Å²) in [5, 5.41) is 20.7. The number of carboxylic acid groups (broad SMARTS) is 2. The molecule has 0 heterocycles. The molecule has 0 saturated heterocycles. The zero-order valence-corrected chi connectivity index (χ0v) is 31.4. The van der Waals surface area contributed by atoms with E-state index < -0.39 is 11.9 Å². The number of hydrogen-bond acceptors (Lipinski definition) is 5. The van der Waals surface area contributed by atoms with Gasteiger partial charge in [-0.05, 0) is 17.2 Å². The Hall–Kier alpha value is 5.28. The van der Waals surface area contributed by atoms with Crippen LogP contribution in [0.15, 0.2) is 23.1 Å². The third-order valence-electron chi connectivity index (χ3n) is 1.38. The Balaban J connectivity index is -0.000000211. The summed E-state index contributed by atoms with van der Waals surface area (Å²) < 4.78 is 0. The molecule has 0 amide bonds. The molecular formula is C8H3AuCs3O4S. The van der Waals surface area contributed by atoms with Gasteiger partial charge >= 0.3 is 160 Å². The summed E-state index contributed by atoms with van der Waals surface area (Å²) in [6, 6.07) is 3.24. The van der Waals surface area contributed by atoms with Crippen molar-refractivity contribution in [3.63, 3.8) is 0 Å². The number of rotatable bonds is 2. The second kappa shape index (κ2) is 16.1. The van der Waals surface area contributed by atoms with E-state index in [0.717, 1.165) is 18.2 Å². The predicted molar refractivity (Wildman–Crippen MR) is 46.5 cm³/mol. The third-order valence-corrected chi connectivity index (χ3v) is 1.61. The second-order valence-electron chi connectivity index (χ2n) is 2.32. The van der Waals surface area contributed by atoms with Crippen molar-refractivity contribution < 1.29 is 180 Å². The molecule has 79 valence electrons. The fourth-order valence-electron chi connectivity index (χ4n) is 0.835. The number of aromatic carboxylic acids is 2. The Morgan fingerprint density at radius 2 is 1.24 bits per heavy atom. The van der Waals surface area contributed by atoms with Gasteiger partial charge in [-0.2, -0.15) is 4.90 Å². The van der Waals surface area contributed by atoms with E-state index in [1.165, 1.54) is 0 Å². The van der Waals surface area contributed by atoms with Crippen LogP contribution in [0.5, 0.6) is 0 Å². The molecule has 0 aliphatic carbocycles. The number of benzene rings is 1. The maximum absolute atomic E-state index is 10.4. The summed E-state index contributed by atoms with van der Waals surface area (Å²) in [6.07, 6.45) is 0. The standard InChI is InChI=1S/C8H6O4S.Au.3Cs/c9-7(10)4-1-5(8(11)12)3-6(13)2-4;;;;/h1-3,13H,(H,9,10)(H,11,12);;;;/q;+1;;2*+1/p-3. The maximum atomic E-state index is 10.4. The molecule has 0 aromatic heterocycles. The first-order chi connectivity index (χ1) is 6.00. The number of carbonyl (C=O) groups excluding carboxylic acids is 2. The molecular weight excluding hydrogens is 788 g/mol. The first-order valence-electron chi connectivity index (χ1n) is 3.25. The first-order valence-corrected chi connectivity index (χ1v) is 3.66. The molecule has 0 bridgehead atoms. The minimum absolute atomic E-state index is 0. The van der Waals surface area contributed by atoms with Crippen LogP contribution in [0, 0.1) is 0 Å². The topological polar surface area (TPSA) is 80.3 Å². The van der Waals surface area contributed by atoms with Gasteiger partial charge in [0, 0.05) is 68.9 Å². The van der Waals surface area contributed by atoms with Gasteiger partial charge in [0.2, 0.25) is 0 Å². The van der Waals surface area contributed by atoms with Gasteiger partial charge in [0.15, 0.2) is 0 Å². The van der Waals surface area contributed by atoms with Crippen molar-refractivity contribution in [3.05, 3.63) is 29.3 Å². The van der Waals surface area contributed by atoms with Gasteiger partial charge in [0.05, 0.1) is 11.9 Å². The van der Waals surface area contributed by atoms with E-state index in [1.807, 2.05) is 0 Å². The molecule has 0 spiro atoms. The van der Waals surface area contributed by atoms with Crippen LogP contribution in [0.1, 0.15) is 20.7 Å². The van der Waals surface area contributed by atoms with Crippen molar-refractivity contribution in [2.24, 2.45) is 0 Å². The number of hydrogen-bond donors (Lipinski definition) is 0. The van der Waals surface area contributed by atoms with Gasteiger partial charge < -0.3 is 32.4 Å². The summed E-state index contributed by atoms with van der Waals surface area (Å²) in [4.78, 5) is 20.8. The predicted octanol–water partition coefficient (Wildman–Crippen LogP) is -8.06. The van der Waals surface area contributed by atoms with Crippen LogP contribution in [0.25, 0.3) is 0 Å². The van der Waals surface area contributed by atoms with Crippen molar-refractivity contribution in [1.29, 1.82) is 0 Å². The Labute approximate surface area is 297 Å². The zero-order valence-electron chi connectivity index (χ0n) is 9.57. The van der Waals surface area contributed by atoms with E-state index in [1.54, 1.807) is 0 Å². The molecule has 9 heteroatoms. The summed E-state index contributed by atoms with van der Waals surface area (Å²) in [6.45, 7) is 0. The van der Waals surface area contributed by atoms with Crippen LogP contribution in [0.2, 0.25) is 0 Å². The average molecular weight is 791 g/mol. The Kier molecular flexibility index (Phi) is 28.7. The van der Waals surface area contributed by atoms with Crippen molar-refractivity contribution in [1.82, 2.24) is 0 Å². The monoisotopic (exact) mass is 791 g/mol. The van der Waals surface area contributed by atoms with E-state index in [0.29, 0.717) is 0 Å². The summed E-state index contributed by atoms with van der Waals surface area (Å²) in [7, 11) is 0. The Bertz CT molecular complexity index is 357. The van der Waals surface area contributed by atoms with E-state index in [-0.39, 0.29) is 245 Å². The summed E-state index contributed by atoms with van der Waals surface area (Å²) in [5.41, 5.74) is -0.515. The first kappa shape index (κ1) is 30.2. The second-order valence-corrected chi connectivity index (χ2v) is 2.79. The minimum Gasteiger partial charge on any atom is -0.780 e. The fraction of sp³-hybridized carbons (Fsp3) is 0. The molecule has 0 aliphatic rings. The smallest absolute Gasteiger partial charge is 0.780 e.